The second kappa shape index (κ2) is 13.8. The van der Waals surface area contributed by atoms with E-state index in [4.69, 9.17) is 21.1 Å². The molecule has 6 nitrogen and oxygen atoms in total. The van der Waals surface area contributed by atoms with Crippen LogP contribution >= 0.6 is 11.6 Å². The van der Waals surface area contributed by atoms with Crippen molar-refractivity contribution in [3.63, 3.8) is 0 Å². The molecule has 0 unspecified atom stereocenters. The average molecular weight is 640 g/mol. The Bertz CT molecular complexity index is 1560. The number of piperazine rings is 1. The number of carbonyl (C=O) groups is 1. The number of aryl methyl sites for hydroxylation is 1. The number of nitrogens with zero attached hydrogens (tertiary/aromatic N) is 1. The number of hydrogen-bond acceptors (Lipinski definition) is 5. The molecule has 3 aromatic rings. The van der Waals surface area contributed by atoms with Crippen LogP contribution in [-0.2, 0) is 17.8 Å². The van der Waals surface area contributed by atoms with Gasteiger partial charge in [0, 0.05) is 55.7 Å². The third-order valence-corrected chi connectivity index (χ3v) is 9.22. The number of rotatable bonds is 12. The predicted octanol–water partition coefficient (Wildman–Crippen LogP) is 6.30. The first kappa shape index (κ1) is 31.5. The van der Waals surface area contributed by atoms with Crippen LogP contribution < -0.4 is 20.1 Å². The van der Waals surface area contributed by atoms with Crippen molar-refractivity contribution in [3.05, 3.63) is 99.8 Å². The molecular formula is C35H37ClF3N3O3. The van der Waals surface area contributed by atoms with E-state index in [1.165, 1.54) is 6.07 Å². The fraction of sp³-hybridized carbons (Fsp3) is 0.400. The van der Waals surface area contributed by atoms with Gasteiger partial charge < -0.3 is 25.0 Å². The molecule has 2 aliphatic heterocycles. The predicted molar refractivity (Wildman–Crippen MR) is 168 cm³/mol. The molecule has 1 aliphatic carbocycles. The Balaban J connectivity index is 1.13. The molecule has 2 N–H and O–H groups in total. The molecule has 2 bridgehead atoms. The van der Waals surface area contributed by atoms with Gasteiger partial charge in [-0.25, -0.2) is 13.2 Å². The highest BCUT2D eigenvalue weighted by atomic mass is 35.5. The number of methoxy groups -OCH3 is 1. The zero-order valence-corrected chi connectivity index (χ0v) is 25.9. The van der Waals surface area contributed by atoms with Crippen LogP contribution in [0.3, 0.4) is 0 Å². The van der Waals surface area contributed by atoms with Crippen molar-refractivity contribution in [1.82, 2.24) is 15.5 Å². The van der Waals surface area contributed by atoms with Gasteiger partial charge in [0.25, 0.3) is 0 Å². The van der Waals surface area contributed by atoms with Gasteiger partial charge in [0.05, 0.1) is 13.7 Å². The van der Waals surface area contributed by atoms with Gasteiger partial charge >= 0.3 is 0 Å². The van der Waals surface area contributed by atoms with E-state index in [1.807, 2.05) is 4.90 Å². The van der Waals surface area contributed by atoms with Crippen LogP contribution in [0.15, 0.2) is 60.7 Å². The van der Waals surface area contributed by atoms with Crippen LogP contribution in [0.5, 0.6) is 11.5 Å². The van der Waals surface area contributed by atoms with Gasteiger partial charge in [0.2, 0.25) is 5.91 Å². The summed E-state index contributed by atoms with van der Waals surface area (Å²) in [4.78, 5) is 15.7. The van der Waals surface area contributed by atoms with Crippen molar-refractivity contribution >= 4 is 23.1 Å². The van der Waals surface area contributed by atoms with Crippen molar-refractivity contribution in [1.29, 1.82) is 0 Å². The SMILES string of the molecule is COc1ccc(F)c(CN(C(=O)C[C@@H]2C(c3ccc(CCCOc4c(F)ccc(F)c4Cl)cc3)=C[C@@H]3CNC[C@H]2N3)C2CC2)c1. The molecule has 3 atom stereocenters. The summed E-state index contributed by atoms with van der Waals surface area (Å²) in [6.45, 7) is 1.98. The standard InChI is InChI=1S/C35H37ClF3N3O3/c1-44-26-10-11-29(37)23(15-26)20-42(25-8-9-25)33(43)17-28-27(16-24-18-40-19-32(28)41-24)22-6-4-21(5-7-22)3-2-14-45-35-31(39)13-12-30(38)34(35)36/h4-7,10-13,15-16,24-25,28,32,40-41H,2-3,8-9,14,17-20H2,1H3/t24-,28-,32-/m1/s1. The third-order valence-electron chi connectivity index (χ3n) is 8.86. The number of fused-ring (bicyclic) bond motifs is 2. The Kier molecular flexibility index (Phi) is 9.68. The van der Waals surface area contributed by atoms with Gasteiger partial charge in [-0.3, -0.25) is 4.79 Å². The number of benzene rings is 3. The first-order valence-electron chi connectivity index (χ1n) is 15.5. The maximum absolute atomic E-state index is 14.7. The monoisotopic (exact) mass is 639 g/mol. The molecule has 0 radical (unpaired) electrons. The van der Waals surface area contributed by atoms with Gasteiger partial charge in [0.15, 0.2) is 11.6 Å². The highest BCUT2D eigenvalue weighted by molar-refractivity contribution is 6.32. The molecule has 2 heterocycles. The van der Waals surface area contributed by atoms with Crippen molar-refractivity contribution in [2.24, 2.45) is 5.92 Å². The van der Waals surface area contributed by atoms with Crippen molar-refractivity contribution < 1.29 is 27.4 Å². The number of amides is 1. The molecule has 1 amide bonds. The van der Waals surface area contributed by atoms with Crippen LogP contribution in [0.1, 0.15) is 42.4 Å². The van der Waals surface area contributed by atoms with Crippen LogP contribution in [0.4, 0.5) is 13.2 Å². The van der Waals surface area contributed by atoms with E-state index >= 15 is 0 Å². The molecule has 10 heteroatoms. The van der Waals surface area contributed by atoms with E-state index < -0.39 is 11.6 Å². The lowest BCUT2D eigenvalue weighted by Crippen LogP contribution is -2.60. The molecule has 238 valence electrons. The number of hydrogen-bond donors (Lipinski definition) is 2. The summed E-state index contributed by atoms with van der Waals surface area (Å²) in [7, 11) is 1.55. The lowest BCUT2D eigenvalue weighted by atomic mass is 9.78. The number of nitrogens with one attached hydrogen (secondary N) is 2. The molecule has 0 spiro atoms. The molecule has 2 fully saturated rings. The Morgan fingerprint density at radius 1 is 1.00 bits per heavy atom. The highest BCUT2D eigenvalue weighted by Gasteiger charge is 2.39. The summed E-state index contributed by atoms with van der Waals surface area (Å²) in [6.07, 6.45) is 5.67. The Hall–Kier alpha value is -3.53. The van der Waals surface area contributed by atoms with Crippen LogP contribution in [0, 0.1) is 23.4 Å². The smallest absolute Gasteiger partial charge is 0.223 e. The summed E-state index contributed by atoms with van der Waals surface area (Å²) in [5.74, 6) is -1.49. The molecule has 45 heavy (non-hydrogen) atoms. The van der Waals surface area contributed by atoms with Gasteiger partial charge in [-0.15, -0.1) is 0 Å². The van der Waals surface area contributed by atoms with Crippen molar-refractivity contribution in [2.75, 3.05) is 26.8 Å². The first-order valence-corrected chi connectivity index (χ1v) is 15.8. The molecule has 1 saturated heterocycles. The summed E-state index contributed by atoms with van der Waals surface area (Å²) in [5, 5.41) is 6.81. The van der Waals surface area contributed by atoms with E-state index in [0.29, 0.717) is 30.6 Å². The maximum Gasteiger partial charge on any atom is 0.223 e. The number of ether oxygens (including phenoxy) is 2. The molecule has 6 rings (SSSR count). The zero-order chi connectivity index (χ0) is 31.5. The quantitative estimate of drug-likeness (QED) is 0.180. The second-order valence-corrected chi connectivity index (χ2v) is 12.4. The highest BCUT2D eigenvalue weighted by Crippen LogP contribution is 2.37. The minimum Gasteiger partial charge on any atom is -0.497 e. The summed E-state index contributed by atoms with van der Waals surface area (Å²) >= 11 is 5.86. The van der Waals surface area contributed by atoms with Crippen molar-refractivity contribution in [3.8, 4) is 11.5 Å². The van der Waals surface area contributed by atoms with Gasteiger partial charge in [-0.1, -0.05) is 41.9 Å². The normalized spacial score (nSPS) is 20.8. The van der Waals surface area contributed by atoms with E-state index in [0.717, 1.165) is 54.8 Å². The first-order chi connectivity index (χ1) is 21.8. The van der Waals surface area contributed by atoms with Crippen molar-refractivity contribution in [2.45, 2.75) is 56.8 Å². The van der Waals surface area contributed by atoms with E-state index in [9.17, 15) is 18.0 Å². The minimum atomic E-state index is -0.721. The zero-order valence-electron chi connectivity index (χ0n) is 25.1. The second-order valence-electron chi connectivity index (χ2n) is 12.0. The molecule has 3 aromatic carbocycles. The Labute approximate surface area is 266 Å². The Morgan fingerprint density at radius 3 is 2.51 bits per heavy atom. The van der Waals surface area contributed by atoms with Crippen LogP contribution in [-0.4, -0.2) is 55.7 Å². The molecular weight excluding hydrogens is 603 g/mol. The molecule has 1 saturated carbocycles. The topological polar surface area (TPSA) is 62.8 Å². The molecule has 0 aromatic heterocycles. The van der Waals surface area contributed by atoms with Crippen LogP contribution in [0.2, 0.25) is 5.02 Å². The summed E-state index contributed by atoms with van der Waals surface area (Å²) in [6, 6.07) is 15.3. The number of carbonyl (C=O) groups excluding carboxylic acids is 1. The fourth-order valence-electron chi connectivity index (χ4n) is 6.32. The largest absolute Gasteiger partial charge is 0.497 e. The minimum absolute atomic E-state index is 0.0212. The fourth-order valence-corrected chi connectivity index (χ4v) is 6.53. The van der Waals surface area contributed by atoms with E-state index in [2.05, 4.69) is 41.0 Å². The van der Waals surface area contributed by atoms with E-state index in [1.54, 1.807) is 19.2 Å². The maximum atomic E-state index is 14.7. The van der Waals surface area contributed by atoms with E-state index in [-0.39, 0.29) is 59.7 Å². The average Bonchev–Trinajstić information content (AvgIpc) is 3.89. The third kappa shape index (κ3) is 7.32. The Morgan fingerprint density at radius 2 is 1.76 bits per heavy atom. The van der Waals surface area contributed by atoms with Gasteiger partial charge in [-0.05, 0) is 72.7 Å². The summed E-state index contributed by atoms with van der Waals surface area (Å²) in [5.41, 5.74) is 3.75. The lowest BCUT2D eigenvalue weighted by molar-refractivity contribution is -0.133. The van der Waals surface area contributed by atoms with Gasteiger partial charge in [0.1, 0.15) is 22.4 Å². The number of halogens is 4. The van der Waals surface area contributed by atoms with Crippen LogP contribution in [0.25, 0.3) is 5.57 Å². The summed E-state index contributed by atoms with van der Waals surface area (Å²) < 4.78 is 53.1. The molecule has 3 aliphatic rings. The lowest BCUT2D eigenvalue weighted by Gasteiger charge is -2.42. The van der Waals surface area contributed by atoms with Gasteiger partial charge in [-0.2, -0.15) is 0 Å².